The molecule has 0 aliphatic rings. The Morgan fingerprint density at radius 1 is 0.567 bits per heavy atom. The lowest BCUT2D eigenvalue weighted by atomic mass is 9.99. The summed E-state index contributed by atoms with van der Waals surface area (Å²) < 4.78 is 2.32. The molecule has 0 fully saturated rings. The summed E-state index contributed by atoms with van der Waals surface area (Å²) in [7, 11) is 0. The van der Waals surface area contributed by atoms with Crippen LogP contribution in [0.1, 0.15) is 0 Å². The van der Waals surface area contributed by atoms with E-state index in [-0.39, 0.29) is 0 Å². The Hall–Kier alpha value is -4.04. The van der Waals surface area contributed by atoms with Crippen molar-refractivity contribution in [2.24, 2.45) is 0 Å². The van der Waals surface area contributed by atoms with Crippen LogP contribution in [0.3, 0.4) is 0 Å². The number of hydrogen-bond donors (Lipinski definition) is 1. The summed E-state index contributed by atoms with van der Waals surface area (Å²) in [5, 5.41) is 5.00. The molecule has 0 unspecified atom stereocenters. The van der Waals surface area contributed by atoms with Crippen LogP contribution in [0.25, 0.3) is 49.4 Å². The van der Waals surface area contributed by atoms with Crippen LogP contribution in [0.15, 0.2) is 109 Å². The third-order valence-corrected chi connectivity index (χ3v) is 5.93. The highest BCUT2D eigenvalue weighted by molar-refractivity contribution is 6.22. The van der Waals surface area contributed by atoms with E-state index in [4.69, 9.17) is 5.73 Å². The molecule has 1 heterocycles. The van der Waals surface area contributed by atoms with E-state index < -0.39 is 0 Å². The number of nitrogens with zero attached hydrogens (tertiary/aromatic N) is 1. The first kappa shape index (κ1) is 16.9. The van der Waals surface area contributed by atoms with Gasteiger partial charge in [-0.3, -0.25) is 0 Å². The van der Waals surface area contributed by atoms with E-state index in [1.54, 1.807) is 0 Å². The Kier molecular flexibility index (Phi) is 3.65. The van der Waals surface area contributed by atoms with Crippen LogP contribution in [0.2, 0.25) is 0 Å². The molecule has 0 radical (unpaired) electrons. The molecule has 0 spiro atoms. The molecule has 5 aromatic carbocycles. The van der Waals surface area contributed by atoms with E-state index in [0.29, 0.717) is 0 Å². The number of anilines is 1. The molecular weight excluding hydrogens is 364 g/mol. The van der Waals surface area contributed by atoms with Crippen LogP contribution in [-0.4, -0.2) is 4.57 Å². The van der Waals surface area contributed by atoms with E-state index in [1.807, 2.05) is 6.07 Å². The van der Waals surface area contributed by atoms with Crippen LogP contribution in [-0.2, 0) is 0 Å². The Labute approximate surface area is 174 Å². The Balaban J connectivity index is 1.82. The Morgan fingerprint density at radius 2 is 1.27 bits per heavy atom. The minimum absolute atomic E-state index is 0.790. The van der Waals surface area contributed by atoms with Gasteiger partial charge in [0, 0.05) is 27.7 Å². The second kappa shape index (κ2) is 6.50. The molecule has 0 amide bonds. The van der Waals surface area contributed by atoms with Gasteiger partial charge in [0.2, 0.25) is 0 Å². The normalized spacial score (nSPS) is 11.5. The van der Waals surface area contributed by atoms with Gasteiger partial charge in [-0.15, -0.1) is 0 Å². The molecular formula is C28H20N2. The van der Waals surface area contributed by atoms with Gasteiger partial charge in [0.25, 0.3) is 0 Å². The van der Waals surface area contributed by atoms with Crippen LogP contribution in [0, 0.1) is 0 Å². The second-order valence-corrected chi connectivity index (χ2v) is 7.67. The lowest BCUT2D eigenvalue weighted by Crippen LogP contribution is -1.95. The highest BCUT2D eigenvalue weighted by Crippen LogP contribution is 2.40. The number of fused-ring (bicyclic) bond motifs is 5. The van der Waals surface area contributed by atoms with Gasteiger partial charge in [0.05, 0.1) is 11.0 Å². The molecule has 0 atom stereocenters. The fourth-order valence-corrected chi connectivity index (χ4v) is 4.57. The first-order valence-electron chi connectivity index (χ1n) is 10.2. The van der Waals surface area contributed by atoms with Crippen molar-refractivity contribution in [2.45, 2.75) is 0 Å². The standard InChI is InChI=1S/C28H20N2/c29-25-18-27-24(17-23(25)19-9-3-1-4-10-19)28-22-14-8-7-11-20(22)15-16-26(28)30(27)21-12-5-2-6-13-21/h1-18H,29H2. The molecule has 142 valence electrons. The highest BCUT2D eigenvalue weighted by Gasteiger charge is 2.17. The number of aromatic nitrogens is 1. The topological polar surface area (TPSA) is 30.9 Å². The fraction of sp³-hybridized carbons (Fsp3) is 0. The second-order valence-electron chi connectivity index (χ2n) is 7.67. The number of benzene rings is 5. The third kappa shape index (κ3) is 2.44. The number of para-hydroxylation sites is 1. The van der Waals surface area contributed by atoms with Crippen molar-refractivity contribution in [1.82, 2.24) is 4.57 Å². The van der Waals surface area contributed by atoms with Crippen molar-refractivity contribution in [1.29, 1.82) is 0 Å². The smallest absolute Gasteiger partial charge is 0.0562 e. The van der Waals surface area contributed by atoms with Crippen molar-refractivity contribution in [3.8, 4) is 16.8 Å². The zero-order chi connectivity index (χ0) is 20.1. The summed E-state index contributed by atoms with van der Waals surface area (Å²) in [6.07, 6.45) is 0. The summed E-state index contributed by atoms with van der Waals surface area (Å²) in [5.74, 6) is 0. The lowest BCUT2D eigenvalue weighted by Gasteiger charge is -2.10. The van der Waals surface area contributed by atoms with Crippen molar-refractivity contribution in [2.75, 3.05) is 5.73 Å². The number of hydrogen-bond acceptors (Lipinski definition) is 1. The summed E-state index contributed by atoms with van der Waals surface area (Å²) >= 11 is 0. The van der Waals surface area contributed by atoms with E-state index >= 15 is 0 Å². The fourth-order valence-electron chi connectivity index (χ4n) is 4.57. The van der Waals surface area contributed by atoms with Gasteiger partial charge in [-0.05, 0) is 46.7 Å². The zero-order valence-corrected chi connectivity index (χ0v) is 16.4. The summed E-state index contributed by atoms with van der Waals surface area (Å²) in [5.41, 5.74) is 13.0. The quantitative estimate of drug-likeness (QED) is 0.315. The maximum atomic E-state index is 6.59. The van der Waals surface area contributed by atoms with Gasteiger partial charge < -0.3 is 10.3 Å². The maximum Gasteiger partial charge on any atom is 0.0562 e. The summed E-state index contributed by atoms with van der Waals surface area (Å²) in [6.45, 7) is 0. The predicted molar refractivity (Wildman–Crippen MR) is 128 cm³/mol. The maximum absolute atomic E-state index is 6.59. The van der Waals surface area contributed by atoms with E-state index in [1.165, 1.54) is 27.1 Å². The van der Waals surface area contributed by atoms with Crippen molar-refractivity contribution < 1.29 is 0 Å². The number of nitrogens with two attached hydrogens (primary N) is 1. The molecule has 0 bridgehead atoms. The molecule has 2 nitrogen and oxygen atoms in total. The molecule has 0 saturated heterocycles. The number of rotatable bonds is 2. The van der Waals surface area contributed by atoms with E-state index in [2.05, 4.69) is 108 Å². The molecule has 0 aliphatic heterocycles. The van der Waals surface area contributed by atoms with E-state index in [9.17, 15) is 0 Å². The predicted octanol–water partition coefficient (Wildman–Crippen LogP) is 7.19. The van der Waals surface area contributed by atoms with E-state index in [0.717, 1.165) is 28.0 Å². The van der Waals surface area contributed by atoms with Gasteiger partial charge >= 0.3 is 0 Å². The molecule has 0 aliphatic carbocycles. The average molecular weight is 384 g/mol. The SMILES string of the molecule is Nc1cc2c(cc1-c1ccccc1)c1c3ccccc3ccc1n2-c1ccccc1. The highest BCUT2D eigenvalue weighted by atomic mass is 15.0. The molecule has 6 aromatic rings. The minimum atomic E-state index is 0.790. The van der Waals surface area contributed by atoms with Crippen LogP contribution < -0.4 is 5.73 Å². The van der Waals surface area contributed by atoms with Crippen molar-refractivity contribution in [3.05, 3.63) is 109 Å². The Morgan fingerprint density at radius 3 is 2.07 bits per heavy atom. The molecule has 2 N–H and O–H groups in total. The van der Waals surface area contributed by atoms with Crippen LogP contribution in [0.5, 0.6) is 0 Å². The summed E-state index contributed by atoms with van der Waals surface area (Å²) in [6, 6.07) is 38.3. The zero-order valence-electron chi connectivity index (χ0n) is 16.4. The van der Waals surface area contributed by atoms with Crippen molar-refractivity contribution in [3.63, 3.8) is 0 Å². The Bertz CT molecular complexity index is 1530. The van der Waals surface area contributed by atoms with Gasteiger partial charge in [0.1, 0.15) is 0 Å². The van der Waals surface area contributed by atoms with Gasteiger partial charge in [-0.25, -0.2) is 0 Å². The molecule has 30 heavy (non-hydrogen) atoms. The van der Waals surface area contributed by atoms with Crippen LogP contribution >= 0.6 is 0 Å². The number of nitrogen functional groups attached to an aromatic ring is 1. The molecule has 2 heteroatoms. The third-order valence-electron chi connectivity index (χ3n) is 5.93. The van der Waals surface area contributed by atoms with Gasteiger partial charge in [-0.2, -0.15) is 0 Å². The average Bonchev–Trinajstić information content (AvgIpc) is 3.13. The van der Waals surface area contributed by atoms with Gasteiger partial charge in [0.15, 0.2) is 0 Å². The van der Waals surface area contributed by atoms with Crippen molar-refractivity contribution >= 4 is 38.3 Å². The van der Waals surface area contributed by atoms with Gasteiger partial charge in [-0.1, -0.05) is 78.9 Å². The first-order chi connectivity index (χ1) is 14.8. The minimum Gasteiger partial charge on any atom is -0.398 e. The molecule has 0 saturated carbocycles. The summed E-state index contributed by atoms with van der Waals surface area (Å²) in [4.78, 5) is 0. The monoisotopic (exact) mass is 384 g/mol. The molecule has 6 rings (SSSR count). The largest absolute Gasteiger partial charge is 0.398 e. The first-order valence-corrected chi connectivity index (χ1v) is 10.2. The van der Waals surface area contributed by atoms with Crippen LogP contribution in [0.4, 0.5) is 5.69 Å². The molecule has 1 aromatic heterocycles. The lowest BCUT2D eigenvalue weighted by molar-refractivity contribution is 1.18.